The summed E-state index contributed by atoms with van der Waals surface area (Å²) < 4.78 is 30.9. The van der Waals surface area contributed by atoms with Crippen LogP contribution in [-0.4, -0.2) is 65.2 Å². The Morgan fingerprint density at radius 3 is 2.43 bits per heavy atom. The first-order chi connectivity index (χ1) is 17.8. The van der Waals surface area contributed by atoms with Crippen LogP contribution in [0, 0.1) is 17.0 Å². The summed E-state index contributed by atoms with van der Waals surface area (Å²) in [6.07, 6.45) is 4.85. The van der Waals surface area contributed by atoms with Crippen LogP contribution in [0.15, 0.2) is 36.9 Å². The fraction of sp³-hybridized carbons (Fsp3) is 0.370. The molecule has 3 aliphatic rings. The monoisotopic (exact) mass is 525 g/mol. The molecule has 192 valence electrons. The third-order valence-corrected chi connectivity index (χ3v) is 8.21. The molecule has 10 heteroatoms. The molecule has 1 aromatic heterocycles. The second-order valence-electron chi connectivity index (χ2n) is 10.2. The van der Waals surface area contributed by atoms with Crippen LogP contribution in [0.2, 0.25) is 5.02 Å². The number of hydrogen-bond donors (Lipinski definition) is 1. The highest BCUT2D eigenvalue weighted by molar-refractivity contribution is 6.34. The lowest BCUT2D eigenvalue weighted by molar-refractivity contribution is -0.126. The molecule has 7 nitrogen and oxygen atoms in total. The highest BCUT2D eigenvalue weighted by Crippen LogP contribution is 2.49. The summed E-state index contributed by atoms with van der Waals surface area (Å²) in [7, 11) is 0. The molecule has 1 N–H and O–H groups in total. The van der Waals surface area contributed by atoms with Gasteiger partial charge in [0.1, 0.15) is 22.9 Å². The summed E-state index contributed by atoms with van der Waals surface area (Å²) >= 11 is 6.52. The molecule has 37 heavy (non-hydrogen) atoms. The van der Waals surface area contributed by atoms with Gasteiger partial charge in [-0.1, -0.05) is 30.7 Å². The SMILES string of the molecule is C=CC(=O)N1CCN(c2nc(N3CC4(CCC4)C3)nc3c(F)c(-c4c(O)cccc4F)c(Cl)cc23)CC1. The van der Waals surface area contributed by atoms with Crippen LogP contribution < -0.4 is 9.80 Å². The van der Waals surface area contributed by atoms with Crippen LogP contribution in [0.5, 0.6) is 5.75 Å². The Morgan fingerprint density at radius 1 is 1.08 bits per heavy atom. The Morgan fingerprint density at radius 2 is 1.81 bits per heavy atom. The molecule has 1 spiro atoms. The molecule has 6 rings (SSSR count). The zero-order valence-electron chi connectivity index (χ0n) is 20.2. The van der Waals surface area contributed by atoms with Crippen molar-refractivity contribution in [3.8, 4) is 16.9 Å². The minimum absolute atomic E-state index is 0.0150. The third-order valence-electron chi connectivity index (χ3n) is 7.91. The van der Waals surface area contributed by atoms with Crippen LogP contribution in [0.1, 0.15) is 19.3 Å². The maximum atomic E-state index is 16.2. The van der Waals surface area contributed by atoms with Gasteiger partial charge >= 0.3 is 0 Å². The van der Waals surface area contributed by atoms with Crippen molar-refractivity contribution >= 4 is 40.2 Å². The summed E-state index contributed by atoms with van der Waals surface area (Å²) in [6, 6.07) is 5.31. The first-order valence-corrected chi connectivity index (χ1v) is 12.8. The number of aromatic hydroxyl groups is 1. The Hall–Kier alpha value is -3.46. The van der Waals surface area contributed by atoms with Gasteiger partial charge in [0.15, 0.2) is 5.82 Å². The largest absolute Gasteiger partial charge is 0.507 e. The molecule has 1 amide bonds. The quantitative estimate of drug-likeness (QED) is 0.495. The normalized spacial score (nSPS) is 18.6. The average molecular weight is 526 g/mol. The van der Waals surface area contributed by atoms with Crippen molar-refractivity contribution in [1.29, 1.82) is 0 Å². The Kier molecular flexibility index (Phi) is 5.71. The highest BCUT2D eigenvalue weighted by Gasteiger charge is 2.48. The summed E-state index contributed by atoms with van der Waals surface area (Å²) in [5.41, 5.74) is -0.220. The number of carbonyl (C=O) groups excluding carboxylic acids is 1. The number of fused-ring (bicyclic) bond motifs is 1. The predicted molar refractivity (Wildman–Crippen MR) is 139 cm³/mol. The van der Waals surface area contributed by atoms with E-state index in [1.807, 2.05) is 9.80 Å². The van der Waals surface area contributed by atoms with Crippen molar-refractivity contribution in [3.63, 3.8) is 0 Å². The molecular formula is C27H26ClF2N5O2. The Balaban J connectivity index is 1.47. The lowest BCUT2D eigenvalue weighted by Crippen LogP contribution is -2.60. The van der Waals surface area contributed by atoms with Gasteiger partial charge in [-0.15, -0.1) is 0 Å². The number of phenolic OH excluding ortho intramolecular Hbond substituents is 1. The number of benzene rings is 2. The maximum absolute atomic E-state index is 16.2. The summed E-state index contributed by atoms with van der Waals surface area (Å²) in [5.74, 6) is -1.21. The predicted octanol–water partition coefficient (Wildman–Crippen LogP) is 4.76. The van der Waals surface area contributed by atoms with E-state index < -0.39 is 17.4 Å². The van der Waals surface area contributed by atoms with Gasteiger partial charge in [0.25, 0.3) is 0 Å². The third kappa shape index (κ3) is 3.87. The van der Waals surface area contributed by atoms with Crippen molar-refractivity contribution in [2.75, 3.05) is 49.1 Å². The summed E-state index contributed by atoms with van der Waals surface area (Å²) in [4.78, 5) is 27.3. The standard InChI is InChI=1S/C27H26ClF2N5O2/c1-2-20(37)33-9-11-34(12-10-33)25-16-13-17(28)21(22-18(29)5-3-6-19(22)36)23(30)24(16)31-26(32-25)35-14-27(15-35)7-4-8-27/h2-3,5-6,13,36H,1,4,7-12,14-15H2. The molecule has 3 fully saturated rings. The first kappa shape index (κ1) is 23.9. The number of rotatable bonds is 4. The van der Waals surface area contributed by atoms with E-state index in [9.17, 15) is 14.3 Å². The van der Waals surface area contributed by atoms with Gasteiger partial charge in [0, 0.05) is 55.6 Å². The summed E-state index contributed by atoms with van der Waals surface area (Å²) in [5, 5.41) is 10.7. The number of nitrogens with zero attached hydrogens (tertiary/aromatic N) is 5. The number of carbonyl (C=O) groups is 1. The van der Waals surface area contributed by atoms with Gasteiger partial charge in [-0.2, -0.15) is 4.98 Å². The van der Waals surface area contributed by atoms with E-state index in [0.29, 0.717) is 48.7 Å². The fourth-order valence-electron chi connectivity index (χ4n) is 5.71. The van der Waals surface area contributed by atoms with E-state index in [-0.39, 0.29) is 27.6 Å². The minimum atomic E-state index is -0.813. The lowest BCUT2D eigenvalue weighted by Gasteiger charge is -2.56. The zero-order chi connectivity index (χ0) is 25.9. The van der Waals surface area contributed by atoms with E-state index in [1.165, 1.54) is 43.5 Å². The van der Waals surface area contributed by atoms with Crippen LogP contribution in [-0.2, 0) is 4.79 Å². The molecule has 0 radical (unpaired) electrons. The lowest BCUT2D eigenvalue weighted by atomic mass is 9.64. The van der Waals surface area contributed by atoms with Crippen molar-refractivity contribution in [2.45, 2.75) is 19.3 Å². The van der Waals surface area contributed by atoms with E-state index in [0.717, 1.165) is 19.2 Å². The number of piperazine rings is 1. The smallest absolute Gasteiger partial charge is 0.246 e. The van der Waals surface area contributed by atoms with Crippen LogP contribution in [0.4, 0.5) is 20.5 Å². The van der Waals surface area contributed by atoms with Crippen LogP contribution in [0.25, 0.3) is 22.0 Å². The maximum Gasteiger partial charge on any atom is 0.246 e. The zero-order valence-corrected chi connectivity index (χ0v) is 20.9. The van der Waals surface area contributed by atoms with Crippen LogP contribution in [0.3, 0.4) is 0 Å². The molecule has 3 aromatic rings. The molecule has 0 atom stereocenters. The topological polar surface area (TPSA) is 72.8 Å². The highest BCUT2D eigenvalue weighted by atomic mass is 35.5. The number of halogens is 3. The number of amides is 1. The van der Waals surface area contributed by atoms with Gasteiger partial charge in [-0.05, 0) is 37.1 Å². The molecular weight excluding hydrogens is 500 g/mol. The molecule has 0 unspecified atom stereocenters. The molecule has 1 saturated carbocycles. The molecule has 2 saturated heterocycles. The fourth-order valence-corrected chi connectivity index (χ4v) is 5.99. The number of anilines is 2. The number of phenols is 1. The first-order valence-electron chi connectivity index (χ1n) is 12.4. The molecule has 0 bridgehead atoms. The van der Waals surface area contributed by atoms with Gasteiger partial charge in [-0.3, -0.25) is 4.79 Å². The van der Waals surface area contributed by atoms with Crippen molar-refractivity contribution in [2.24, 2.45) is 5.41 Å². The molecule has 2 aliphatic heterocycles. The van der Waals surface area contributed by atoms with Crippen molar-refractivity contribution in [3.05, 3.63) is 53.6 Å². The van der Waals surface area contributed by atoms with Gasteiger partial charge in [0.2, 0.25) is 11.9 Å². The van der Waals surface area contributed by atoms with Gasteiger partial charge < -0.3 is 19.8 Å². The van der Waals surface area contributed by atoms with Crippen molar-refractivity contribution in [1.82, 2.24) is 14.9 Å². The second-order valence-corrected chi connectivity index (χ2v) is 10.6. The second kappa shape index (κ2) is 8.83. The van der Waals surface area contributed by atoms with E-state index in [2.05, 4.69) is 11.6 Å². The Labute approximate surface area is 218 Å². The molecule has 1 aliphatic carbocycles. The van der Waals surface area contributed by atoms with Gasteiger partial charge in [-0.25, -0.2) is 13.8 Å². The van der Waals surface area contributed by atoms with E-state index in [4.69, 9.17) is 16.6 Å². The Bertz CT molecular complexity index is 1410. The average Bonchev–Trinajstić information content (AvgIpc) is 2.83. The van der Waals surface area contributed by atoms with Crippen molar-refractivity contribution < 1.29 is 18.7 Å². The molecule has 2 aromatic carbocycles. The number of aromatic nitrogens is 2. The van der Waals surface area contributed by atoms with E-state index in [1.54, 1.807) is 4.90 Å². The summed E-state index contributed by atoms with van der Waals surface area (Å²) in [6.45, 7) is 7.10. The number of hydrogen-bond acceptors (Lipinski definition) is 6. The molecule has 3 heterocycles. The minimum Gasteiger partial charge on any atom is -0.507 e. The van der Waals surface area contributed by atoms with Gasteiger partial charge in [0.05, 0.1) is 10.6 Å². The van der Waals surface area contributed by atoms with Crippen LogP contribution >= 0.6 is 11.6 Å². The van der Waals surface area contributed by atoms with E-state index >= 15 is 4.39 Å².